The van der Waals surface area contributed by atoms with Gasteiger partial charge >= 0.3 is 12.1 Å². The summed E-state index contributed by atoms with van der Waals surface area (Å²) in [5, 5.41) is 20.3. The molecule has 1 fully saturated rings. The van der Waals surface area contributed by atoms with E-state index in [9.17, 15) is 33.9 Å². The molecule has 2 aliphatic heterocycles. The van der Waals surface area contributed by atoms with Gasteiger partial charge < -0.3 is 39.8 Å². The molecule has 1 saturated carbocycles. The zero-order valence-electron chi connectivity index (χ0n) is 38.6. The summed E-state index contributed by atoms with van der Waals surface area (Å²) in [7, 11) is 1.49. The van der Waals surface area contributed by atoms with Crippen molar-refractivity contribution in [1.29, 1.82) is 0 Å². The van der Waals surface area contributed by atoms with Crippen molar-refractivity contribution in [1.82, 2.24) is 30.4 Å². The van der Waals surface area contributed by atoms with E-state index in [1.165, 1.54) is 29.5 Å². The van der Waals surface area contributed by atoms with Crippen molar-refractivity contribution in [2.24, 2.45) is 11.8 Å². The van der Waals surface area contributed by atoms with Crippen LogP contribution in [0.1, 0.15) is 92.0 Å². The smallest absolute Gasteiger partial charge is 0.411 e. The number of fused-ring (bicyclic) bond motifs is 8. The lowest BCUT2D eigenvalue weighted by molar-refractivity contribution is -0.172. The van der Waals surface area contributed by atoms with E-state index in [2.05, 4.69) is 16.0 Å². The molecule has 4 aliphatic rings. The van der Waals surface area contributed by atoms with Crippen LogP contribution in [-0.4, -0.2) is 81.3 Å². The van der Waals surface area contributed by atoms with Gasteiger partial charge in [0, 0.05) is 47.3 Å². The van der Waals surface area contributed by atoms with Gasteiger partial charge in [-0.2, -0.15) is 0 Å². The fourth-order valence-electron chi connectivity index (χ4n) is 9.77. The molecule has 68 heavy (non-hydrogen) atoms. The number of hydrogen-bond donors (Lipinski definition) is 4. The van der Waals surface area contributed by atoms with E-state index >= 15 is 4.39 Å². The first-order chi connectivity index (χ1) is 32.5. The monoisotopic (exact) mass is 928 g/mol. The van der Waals surface area contributed by atoms with Crippen LogP contribution in [0.3, 0.4) is 0 Å². The highest BCUT2D eigenvalue weighted by atomic mass is 19.1. The minimum absolute atomic E-state index is 0.0331. The fourth-order valence-corrected chi connectivity index (χ4v) is 9.77. The molecule has 2 aromatic heterocycles. The number of halogens is 1. The number of nitrogens with zero attached hydrogens (tertiary/aromatic N) is 3. The van der Waals surface area contributed by atoms with Crippen LogP contribution >= 0.6 is 0 Å². The molecule has 354 valence electrons. The van der Waals surface area contributed by atoms with Crippen LogP contribution < -0.4 is 21.5 Å². The summed E-state index contributed by atoms with van der Waals surface area (Å²) in [6, 6.07) is 17.9. The third-order valence-corrected chi connectivity index (χ3v) is 13.7. The van der Waals surface area contributed by atoms with Crippen LogP contribution in [0.5, 0.6) is 0 Å². The Balaban J connectivity index is 0.849. The molecule has 0 radical (unpaired) electrons. The molecule has 4 N–H and O–H groups in total. The Kier molecular flexibility index (Phi) is 12.2. The highest BCUT2D eigenvalue weighted by Gasteiger charge is 2.46. The van der Waals surface area contributed by atoms with Gasteiger partial charge in [-0.15, -0.1) is 0 Å². The molecular formula is C51H53FN6O10. The average Bonchev–Trinajstić information content (AvgIpc) is 4.03. The first-order valence-corrected chi connectivity index (χ1v) is 22.9. The number of esters is 1. The fraction of sp³-hybridized carbons (Fsp3) is 0.392. The van der Waals surface area contributed by atoms with Crippen LogP contribution in [0.25, 0.3) is 33.4 Å². The predicted octanol–water partition coefficient (Wildman–Crippen LogP) is 5.38. The van der Waals surface area contributed by atoms with Crippen molar-refractivity contribution in [3.8, 4) is 22.5 Å². The molecule has 5 aromatic rings. The van der Waals surface area contributed by atoms with E-state index < -0.39 is 71.1 Å². The lowest BCUT2D eigenvalue weighted by Gasteiger charge is -2.31. The van der Waals surface area contributed by atoms with Crippen molar-refractivity contribution in [2.45, 2.75) is 103 Å². The Morgan fingerprint density at radius 1 is 0.956 bits per heavy atom. The quantitative estimate of drug-likeness (QED) is 0.0806. The molecule has 4 heterocycles. The van der Waals surface area contributed by atoms with Crippen LogP contribution in [0, 0.1) is 24.6 Å². The first kappa shape index (κ1) is 46.1. The average molecular weight is 929 g/mol. The minimum Gasteiger partial charge on any atom is -0.458 e. The molecule has 9 rings (SSSR count). The number of cyclic esters (lactones) is 1. The van der Waals surface area contributed by atoms with Crippen LogP contribution in [0.15, 0.2) is 71.5 Å². The Hall–Kier alpha value is -6.98. The summed E-state index contributed by atoms with van der Waals surface area (Å²) in [5.74, 6) is -3.41. The second-order valence-corrected chi connectivity index (χ2v) is 18.4. The number of pyridine rings is 2. The summed E-state index contributed by atoms with van der Waals surface area (Å²) >= 11 is 0. The van der Waals surface area contributed by atoms with E-state index in [4.69, 9.17) is 19.2 Å². The maximum Gasteiger partial charge on any atom is 0.411 e. The van der Waals surface area contributed by atoms with Gasteiger partial charge in [-0.1, -0.05) is 69.3 Å². The van der Waals surface area contributed by atoms with Crippen molar-refractivity contribution in [2.75, 3.05) is 13.8 Å². The number of aliphatic hydroxyl groups is 1. The molecule has 0 unspecified atom stereocenters. The molecule has 16 nitrogen and oxygen atoms in total. The van der Waals surface area contributed by atoms with Crippen molar-refractivity contribution >= 4 is 40.7 Å². The van der Waals surface area contributed by atoms with Crippen LogP contribution in [0.2, 0.25) is 0 Å². The summed E-state index contributed by atoms with van der Waals surface area (Å²) in [6.07, 6.45) is -0.895. The topological polar surface area (TPSA) is 207 Å². The minimum atomic E-state index is -2.03. The molecule has 2 aliphatic carbocycles. The van der Waals surface area contributed by atoms with Gasteiger partial charge in [0.15, 0.2) is 11.7 Å². The number of benzene rings is 3. The van der Waals surface area contributed by atoms with Crippen molar-refractivity contribution in [3.63, 3.8) is 0 Å². The normalized spacial score (nSPS) is 18.0. The number of ether oxygens (including phenoxy) is 3. The number of carbonyl (C=O) groups is 5. The maximum atomic E-state index is 15.0. The van der Waals surface area contributed by atoms with Crippen molar-refractivity contribution < 1.29 is 47.7 Å². The molecule has 0 saturated heterocycles. The number of hydrogen-bond acceptors (Lipinski definition) is 11. The SMILES string of the molecule is CC[C@@]1(O)C(=O)OCc2c1cc1n(c2=O)Cc2c-1nc1cc(F)c(C)cc1c2CNC(=O)[C@H](OCNC(=O)[C@H](C)NC(=O)[C@H](C(C)C)N(C)C(=O)OC1c2ccccc2-c2ccccc21)C1CC1. The lowest BCUT2D eigenvalue weighted by Crippen LogP contribution is -2.55. The van der Waals surface area contributed by atoms with E-state index in [1.807, 2.05) is 48.5 Å². The number of nitrogens with one attached hydrogen (secondary N) is 3. The van der Waals surface area contributed by atoms with Crippen molar-refractivity contribution in [3.05, 3.63) is 122 Å². The predicted molar refractivity (Wildman–Crippen MR) is 246 cm³/mol. The summed E-state index contributed by atoms with van der Waals surface area (Å²) < 4.78 is 33.8. The maximum absolute atomic E-state index is 15.0. The van der Waals surface area contributed by atoms with Gasteiger partial charge in [0.05, 0.1) is 29.0 Å². The largest absolute Gasteiger partial charge is 0.458 e. The molecule has 4 atom stereocenters. The number of aryl methyl sites for hydroxylation is 1. The zero-order chi connectivity index (χ0) is 48.3. The lowest BCUT2D eigenvalue weighted by atomic mass is 9.86. The van der Waals surface area contributed by atoms with Gasteiger partial charge in [-0.05, 0) is 79.3 Å². The third-order valence-electron chi connectivity index (χ3n) is 13.7. The second-order valence-electron chi connectivity index (χ2n) is 18.4. The van der Waals surface area contributed by atoms with E-state index in [-0.39, 0.29) is 61.3 Å². The van der Waals surface area contributed by atoms with Crippen LogP contribution in [0.4, 0.5) is 9.18 Å². The van der Waals surface area contributed by atoms with Gasteiger partial charge in [-0.25, -0.2) is 19.0 Å². The van der Waals surface area contributed by atoms with Gasteiger partial charge in [0.25, 0.3) is 5.56 Å². The second kappa shape index (κ2) is 17.9. The Morgan fingerprint density at radius 3 is 2.28 bits per heavy atom. The summed E-state index contributed by atoms with van der Waals surface area (Å²) in [5.41, 5.74) is 3.99. The highest BCUT2D eigenvalue weighted by Crippen LogP contribution is 2.46. The molecule has 17 heteroatoms. The first-order valence-electron chi connectivity index (χ1n) is 22.9. The van der Waals surface area contributed by atoms with E-state index in [0.29, 0.717) is 33.5 Å². The standard InChI is InChI=1S/C51H53FN6O10/c1-7-51(65)37-19-40-41-35(22-58(40)48(62)36(37)23-66-49(51)63)34(33-18-26(4)38(52)20-39(33)56-41)21-53-47(61)43(28-16-17-28)67-24-54-45(59)27(5)55-46(60)42(25(2)3)57(6)50(64)68-44-31-14-10-8-12-29(31)30-13-9-11-15-32(30)44/h8-15,18-20,25,27-28,42-44,65H,7,16-17,21-24H2,1-6H3,(H,53,61)(H,54,59)(H,55,60)/t27-,42-,43+,51-/m0/s1. The number of carbonyl (C=O) groups excluding carboxylic acids is 5. The van der Waals surface area contributed by atoms with E-state index in [1.54, 1.807) is 39.8 Å². The molecule has 0 bridgehead atoms. The Labute approximate surface area is 391 Å². The highest BCUT2D eigenvalue weighted by molar-refractivity contribution is 5.92. The Bertz CT molecular complexity index is 2940. The third kappa shape index (κ3) is 8.06. The number of likely N-dealkylation sites (N-methyl/N-ethyl adjacent to an activating group) is 1. The molecular weight excluding hydrogens is 876 g/mol. The summed E-state index contributed by atoms with van der Waals surface area (Å²) in [6.45, 7) is 7.69. The van der Waals surface area contributed by atoms with Gasteiger partial charge in [0.2, 0.25) is 17.7 Å². The van der Waals surface area contributed by atoms with Gasteiger partial charge in [-0.3, -0.25) is 24.1 Å². The van der Waals surface area contributed by atoms with Gasteiger partial charge in [0.1, 0.15) is 37.3 Å². The van der Waals surface area contributed by atoms with Crippen LogP contribution in [-0.2, 0) is 58.7 Å². The number of rotatable bonds is 14. The molecule has 3 aromatic carbocycles. The molecule has 4 amide bonds. The summed E-state index contributed by atoms with van der Waals surface area (Å²) in [4.78, 5) is 87.3. The molecule has 0 spiro atoms. The van der Waals surface area contributed by atoms with E-state index in [0.717, 1.165) is 35.1 Å². The zero-order valence-corrected chi connectivity index (χ0v) is 38.6. The Morgan fingerprint density at radius 2 is 1.63 bits per heavy atom. The number of amides is 4. The number of aromatic nitrogens is 2.